The molecule has 1 aliphatic rings. The van der Waals surface area contributed by atoms with Crippen molar-refractivity contribution in [2.75, 3.05) is 26.3 Å². The predicted molar refractivity (Wildman–Crippen MR) is 66.4 cm³/mol. The van der Waals surface area contributed by atoms with E-state index >= 15 is 0 Å². The van der Waals surface area contributed by atoms with Gasteiger partial charge in [0.2, 0.25) is 0 Å². The Morgan fingerprint density at radius 1 is 1.18 bits per heavy atom. The molecule has 0 atom stereocenters. The van der Waals surface area contributed by atoms with Crippen molar-refractivity contribution in [3.05, 3.63) is 0 Å². The zero-order chi connectivity index (χ0) is 13.0. The number of hydrogen-bond acceptors (Lipinski definition) is 3. The van der Waals surface area contributed by atoms with E-state index in [2.05, 4.69) is 37.9 Å². The number of rotatable bonds is 6. The summed E-state index contributed by atoms with van der Waals surface area (Å²) < 4.78 is 0. The summed E-state index contributed by atoms with van der Waals surface area (Å²) >= 11 is 0. The van der Waals surface area contributed by atoms with Crippen LogP contribution in [-0.4, -0.2) is 48.0 Å². The lowest BCUT2D eigenvalue weighted by Crippen LogP contribution is -2.44. The zero-order valence-corrected chi connectivity index (χ0v) is 11.2. The van der Waals surface area contributed by atoms with Crippen molar-refractivity contribution in [1.29, 1.82) is 0 Å². The number of carbonyl (C=O) groups is 2. The van der Waals surface area contributed by atoms with E-state index in [0.29, 0.717) is 18.5 Å². The first-order valence-electron chi connectivity index (χ1n) is 6.20. The normalized spacial score (nSPS) is 16.5. The standard InChI is InChI=1S/C12H23N3O2/c1-9(2)6-14(7-10(3)4)8-15-11(16)5-13-12(15)17/h9-10H,5-8H2,1-4H3,(H,13,17). The lowest BCUT2D eigenvalue weighted by Gasteiger charge is -2.28. The van der Waals surface area contributed by atoms with E-state index in [0.717, 1.165) is 13.1 Å². The zero-order valence-electron chi connectivity index (χ0n) is 11.2. The van der Waals surface area contributed by atoms with Gasteiger partial charge in [-0.1, -0.05) is 27.7 Å². The number of amides is 3. The fourth-order valence-electron chi connectivity index (χ4n) is 2.02. The van der Waals surface area contributed by atoms with Crippen molar-refractivity contribution in [3.8, 4) is 0 Å². The van der Waals surface area contributed by atoms with Crippen molar-refractivity contribution in [2.24, 2.45) is 11.8 Å². The van der Waals surface area contributed by atoms with Gasteiger partial charge in [-0.3, -0.25) is 9.69 Å². The predicted octanol–water partition coefficient (Wildman–Crippen LogP) is 1.11. The molecule has 1 rings (SSSR count). The summed E-state index contributed by atoms with van der Waals surface area (Å²) in [7, 11) is 0. The van der Waals surface area contributed by atoms with Crippen LogP contribution in [0.15, 0.2) is 0 Å². The summed E-state index contributed by atoms with van der Waals surface area (Å²) in [4.78, 5) is 26.4. The van der Waals surface area contributed by atoms with Crippen molar-refractivity contribution < 1.29 is 9.59 Å². The molecular formula is C12H23N3O2. The fourth-order valence-corrected chi connectivity index (χ4v) is 2.02. The smallest absolute Gasteiger partial charge is 0.325 e. The van der Waals surface area contributed by atoms with Gasteiger partial charge in [-0.05, 0) is 11.8 Å². The number of carbonyl (C=O) groups excluding carboxylic acids is 2. The van der Waals surface area contributed by atoms with Crippen LogP contribution in [0, 0.1) is 11.8 Å². The maximum atomic E-state index is 11.5. The molecule has 98 valence electrons. The van der Waals surface area contributed by atoms with Crippen LogP contribution in [0.1, 0.15) is 27.7 Å². The number of hydrogen-bond donors (Lipinski definition) is 1. The maximum Gasteiger partial charge on any atom is 0.325 e. The van der Waals surface area contributed by atoms with E-state index in [1.165, 1.54) is 4.90 Å². The molecule has 1 heterocycles. The lowest BCUT2D eigenvalue weighted by molar-refractivity contribution is -0.126. The lowest BCUT2D eigenvalue weighted by atomic mass is 10.1. The highest BCUT2D eigenvalue weighted by molar-refractivity contribution is 6.01. The monoisotopic (exact) mass is 241 g/mol. The van der Waals surface area contributed by atoms with E-state index < -0.39 is 0 Å². The van der Waals surface area contributed by atoms with Crippen LogP contribution >= 0.6 is 0 Å². The van der Waals surface area contributed by atoms with E-state index in [-0.39, 0.29) is 18.5 Å². The number of urea groups is 1. The molecule has 0 aliphatic carbocycles. The van der Waals surface area contributed by atoms with Crippen molar-refractivity contribution >= 4 is 11.9 Å². The van der Waals surface area contributed by atoms with Gasteiger partial charge in [0.05, 0.1) is 13.2 Å². The van der Waals surface area contributed by atoms with E-state index in [4.69, 9.17) is 0 Å². The van der Waals surface area contributed by atoms with Crippen molar-refractivity contribution in [1.82, 2.24) is 15.1 Å². The Bertz CT molecular complexity index is 263. The molecule has 0 radical (unpaired) electrons. The first kappa shape index (κ1) is 14.0. The molecule has 0 bridgehead atoms. The minimum absolute atomic E-state index is 0.132. The van der Waals surface area contributed by atoms with E-state index in [9.17, 15) is 9.59 Å². The molecule has 5 nitrogen and oxygen atoms in total. The molecule has 0 unspecified atom stereocenters. The van der Waals surface area contributed by atoms with E-state index in [1.54, 1.807) is 0 Å². The van der Waals surface area contributed by atoms with Gasteiger partial charge in [0.1, 0.15) is 0 Å². The first-order valence-corrected chi connectivity index (χ1v) is 6.20. The molecule has 0 saturated carbocycles. The van der Waals surface area contributed by atoms with E-state index in [1.807, 2.05) is 0 Å². The third-order valence-corrected chi connectivity index (χ3v) is 2.53. The summed E-state index contributed by atoms with van der Waals surface area (Å²) in [5.41, 5.74) is 0. The van der Waals surface area contributed by atoms with Crippen LogP contribution in [0.3, 0.4) is 0 Å². The van der Waals surface area contributed by atoms with Gasteiger partial charge >= 0.3 is 6.03 Å². The highest BCUT2D eigenvalue weighted by Crippen LogP contribution is 2.07. The summed E-state index contributed by atoms with van der Waals surface area (Å²) in [5.74, 6) is 0.913. The molecular weight excluding hydrogens is 218 g/mol. The molecule has 1 fully saturated rings. The summed E-state index contributed by atoms with van der Waals surface area (Å²) in [6, 6.07) is -0.271. The summed E-state index contributed by atoms with van der Waals surface area (Å²) in [6.07, 6.45) is 0. The first-order chi connectivity index (χ1) is 7.90. The average molecular weight is 241 g/mol. The Balaban J connectivity index is 2.58. The Kier molecular flexibility index (Phi) is 4.93. The molecule has 0 aromatic carbocycles. The molecule has 1 saturated heterocycles. The van der Waals surface area contributed by atoms with Gasteiger partial charge in [-0.2, -0.15) is 0 Å². The van der Waals surface area contributed by atoms with Crippen LogP contribution in [-0.2, 0) is 4.79 Å². The van der Waals surface area contributed by atoms with Crippen molar-refractivity contribution in [3.63, 3.8) is 0 Å². The topological polar surface area (TPSA) is 52.6 Å². The number of nitrogens with one attached hydrogen (secondary N) is 1. The fraction of sp³-hybridized carbons (Fsp3) is 0.833. The minimum atomic E-state index is -0.271. The molecule has 3 amide bonds. The molecule has 5 heteroatoms. The Hall–Kier alpha value is -1.10. The van der Waals surface area contributed by atoms with Crippen LogP contribution in [0.5, 0.6) is 0 Å². The molecule has 0 aromatic heterocycles. The van der Waals surface area contributed by atoms with Crippen LogP contribution < -0.4 is 5.32 Å². The van der Waals surface area contributed by atoms with Crippen LogP contribution in [0.25, 0.3) is 0 Å². The molecule has 17 heavy (non-hydrogen) atoms. The Morgan fingerprint density at radius 3 is 2.06 bits per heavy atom. The van der Waals surface area contributed by atoms with Gasteiger partial charge in [0, 0.05) is 13.1 Å². The quantitative estimate of drug-likeness (QED) is 0.709. The number of imide groups is 1. The minimum Gasteiger partial charge on any atom is -0.328 e. The third kappa shape index (κ3) is 4.34. The summed E-state index contributed by atoms with van der Waals surface area (Å²) in [5, 5.41) is 2.54. The second kappa shape index (κ2) is 6.00. The molecule has 1 N–H and O–H groups in total. The SMILES string of the molecule is CC(C)CN(CC(C)C)CN1C(=O)CNC1=O. The third-order valence-electron chi connectivity index (χ3n) is 2.53. The highest BCUT2D eigenvalue weighted by Gasteiger charge is 2.30. The summed E-state index contributed by atoms with van der Waals surface area (Å²) in [6.45, 7) is 10.9. The second-order valence-electron chi connectivity index (χ2n) is 5.45. The molecule has 0 aromatic rings. The van der Waals surface area contributed by atoms with Gasteiger partial charge < -0.3 is 5.32 Å². The highest BCUT2D eigenvalue weighted by atomic mass is 16.2. The van der Waals surface area contributed by atoms with Crippen LogP contribution in [0.4, 0.5) is 4.79 Å². The van der Waals surface area contributed by atoms with Crippen LogP contribution in [0.2, 0.25) is 0 Å². The van der Waals surface area contributed by atoms with Gasteiger partial charge in [-0.15, -0.1) is 0 Å². The number of nitrogens with zero attached hydrogens (tertiary/aromatic N) is 2. The molecule has 1 aliphatic heterocycles. The second-order valence-corrected chi connectivity index (χ2v) is 5.45. The average Bonchev–Trinajstić information content (AvgIpc) is 2.47. The Morgan fingerprint density at radius 2 is 1.71 bits per heavy atom. The van der Waals surface area contributed by atoms with Crippen molar-refractivity contribution in [2.45, 2.75) is 27.7 Å². The van der Waals surface area contributed by atoms with Gasteiger partial charge in [-0.25, -0.2) is 9.69 Å². The maximum absolute atomic E-state index is 11.5. The Labute approximate surface area is 103 Å². The van der Waals surface area contributed by atoms with Gasteiger partial charge in [0.15, 0.2) is 0 Å². The van der Waals surface area contributed by atoms with Gasteiger partial charge in [0.25, 0.3) is 5.91 Å². The molecule has 0 spiro atoms. The largest absolute Gasteiger partial charge is 0.328 e.